The van der Waals surface area contributed by atoms with Gasteiger partial charge < -0.3 is 10.1 Å². The molecule has 0 heterocycles. The Labute approximate surface area is 134 Å². The van der Waals surface area contributed by atoms with E-state index < -0.39 is 10.8 Å². The summed E-state index contributed by atoms with van der Waals surface area (Å²) < 4.78 is 5.07. The monoisotopic (exact) mass is 314 g/mol. The van der Waals surface area contributed by atoms with Crippen LogP contribution in [0.5, 0.6) is 0 Å². The summed E-state index contributed by atoms with van der Waals surface area (Å²) in [7, 11) is 1.62. The number of hydrogen-bond acceptors (Lipinski definition) is 4. The number of nitrogens with one attached hydrogen (secondary N) is 1. The molecule has 0 spiro atoms. The van der Waals surface area contributed by atoms with Crippen LogP contribution in [0.2, 0.25) is 0 Å². The molecule has 6 heteroatoms. The second-order valence-electron chi connectivity index (χ2n) is 5.16. The van der Waals surface area contributed by atoms with Crippen molar-refractivity contribution in [3.63, 3.8) is 0 Å². The summed E-state index contributed by atoms with van der Waals surface area (Å²) in [5.74, 6) is -0.461. The quantitative estimate of drug-likeness (QED) is 0.656. The lowest BCUT2D eigenvalue weighted by Crippen LogP contribution is -2.24. The van der Waals surface area contributed by atoms with E-state index in [9.17, 15) is 14.9 Å². The number of amides is 1. The summed E-state index contributed by atoms with van der Waals surface area (Å²) in [4.78, 5) is 22.9. The molecule has 2 aromatic carbocycles. The van der Waals surface area contributed by atoms with Crippen LogP contribution in [0.3, 0.4) is 0 Å². The smallest absolute Gasteiger partial charge is 0.285 e. The van der Waals surface area contributed by atoms with Crippen molar-refractivity contribution in [3.05, 3.63) is 74.8 Å². The van der Waals surface area contributed by atoms with Gasteiger partial charge in [0, 0.05) is 19.2 Å². The molecule has 0 aromatic heterocycles. The summed E-state index contributed by atoms with van der Waals surface area (Å²) >= 11 is 0. The number of rotatable bonds is 6. The molecule has 0 aliphatic rings. The molecule has 0 saturated heterocycles. The number of para-hydroxylation sites is 1. The fraction of sp³-hybridized carbons (Fsp3) is 0.235. The molecule has 0 atom stereocenters. The number of nitro benzene ring substituents is 1. The molecule has 0 saturated carbocycles. The molecule has 0 radical (unpaired) electrons. The Kier molecular flexibility index (Phi) is 5.43. The third-order valence-electron chi connectivity index (χ3n) is 3.42. The van der Waals surface area contributed by atoms with E-state index in [-0.39, 0.29) is 11.3 Å². The number of ether oxygens (including phenoxy) is 1. The first kappa shape index (κ1) is 16.6. The van der Waals surface area contributed by atoms with Crippen LogP contribution < -0.4 is 5.32 Å². The molecule has 0 bridgehead atoms. The lowest BCUT2D eigenvalue weighted by Gasteiger charge is -2.08. The van der Waals surface area contributed by atoms with Gasteiger partial charge in [0.05, 0.1) is 11.5 Å². The lowest BCUT2D eigenvalue weighted by atomic mass is 10.1. The molecule has 0 unspecified atom stereocenters. The molecule has 1 N–H and O–H groups in total. The van der Waals surface area contributed by atoms with Crippen molar-refractivity contribution in [2.75, 3.05) is 7.11 Å². The van der Waals surface area contributed by atoms with Gasteiger partial charge in [-0.25, -0.2) is 0 Å². The van der Waals surface area contributed by atoms with Crippen LogP contribution in [0.25, 0.3) is 0 Å². The maximum Gasteiger partial charge on any atom is 0.285 e. The molecule has 1 amide bonds. The molecule has 2 aromatic rings. The number of benzene rings is 2. The number of nitrogens with zero attached hydrogens (tertiary/aromatic N) is 1. The third kappa shape index (κ3) is 4.14. The number of carbonyl (C=O) groups excluding carboxylic acids is 1. The predicted octanol–water partition coefficient (Wildman–Crippen LogP) is 2.98. The first-order valence-corrected chi connectivity index (χ1v) is 7.12. The fourth-order valence-electron chi connectivity index (χ4n) is 2.36. The van der Waals surface area contributed by atoms with Crippen LogP contribution in [0.15, 0.2) is 42.5 Å². The van der Waals surface area contributed by atoms with E-state index in [0.717, 1.165) is 11.1 Å². The Hall–Kier alpha value is -2.73. The molecular formula is C17H18N2O4. The molecular weight excluding hydrogens is 296 g/mol. The van der Waals surface area contributed by atoms with Crippen molar-refractivity contribution < 1.29 is 14.5 Å². The van der Waals surface area contributed by atoms with E-state index >= 15 is 0 Å². The van der Waals surface area contributed by atoms with Crippen molar-refractivity contribution in [3.8, 4) is 0 Å². The molecule has 0 aliphatic carbocycles. The van der Waals surface area contributed by atoms with Gasteiger partial charge in [-0.2, -0.15) is 0 Å². The van der Waals surface area contributed by atoms with Crippen LogP contribution in [0.4, 0.5) is 5.69 Å². The van der Waals surface area contributed by atoms with Crippen molar-refractivity contribution >= 4 is 11.6 Å². The van der Waals surface area contributed by atoms with Gasteiger partial charge in [-0.15, -0.1) is 0 Å². The number of carbonyl (C=O) groups is 1. The van der Waals surface area contributed by atoms with E-state index in [1.807, 2.05) is 24.3 Å². The summed E-state index contributed by atoms with van der Waals surface area (Å²) in [6, 6.07) is 12.3. The van der Waals surface area contributed by atoms with Crippen LogP contribution in [0, 0.1) is 17.0 Å². The average Bonchev–Trinajstić information content (AvgIpc) is 2.52. The van der Waals surface area contributed by atoms with E-state index in [1.54, 1.807) is 26.2 Å². The Morgan fingerprint density at radius 2 is 1.91 bits per heavy atom. The summed E-state index contributed by atoms with van der Waals surface area (Å²) in [5.41, 5.74) is 2.29. The zero-order valence-corrected chi connectivity index (χ0v) is 13.0. The largest absolute Gasteiger partial charge is 0.380 e. The molecule has 0 aliphatic heterocycles. The summed E-state index contributed by atoms with van der Waals surface area (Å²) in [6.45, 7) is 2.40. The highest BCUT2D eigenvalue weighted by molar-refractivity contribution is 5.98. The highest BCUT2D eigenvalue weighted by Gasteiger charge is 2.21. The standard InChI is InChI=1S/C17H18N2O4/c1-12-5-3-8-15(16(12)19(21)22)17(20)18-10-13-6-4-7-14(9-13)11-23-2/h3-9H,10-11H2,1-2H3,(H,18,20). The Morgan fingerprint density at radius 1 is 1.22 bits per heavy atom. The van der Waals surface area contributed by atoms with Crippen LogP contribution in [0.1, 0.15) is 27.0 Å². The lowest BCUT2D eigenvalue weighted by molar-refractivity contribution is -0.385. The first-order chi connectivity index (χ1) is 11.0. The van der Waals surface area contributed by atoms with Crippen LogP contribution >= 0.6 is 0 Å². The fourth-order valence-corrected chi connectivity index (χ4v) is 2.36. The number of hydrogen-bond donors (Lipinski definition) is 1. The molecule has 2 rings (SSSR count). The van der Waals surface area contributed by atoms with Gasteiger partial charge in [-0.05, 0) is 24.1 Å². The highest BCUT2D eigenvalue weighted by Crippen LogP contribution is 2.23. The zero-order chi connectivity index (χ0) is 16.8. The van der Waals surface area contributed by atoms with Gasteiger partial charge in [-0.3, -0.25) is 14.9 Å². The Balaban J connectivity index is 2.13. The second kappa shape index (κ2) is 7.51. The Bertz CT molecular complexity index is 728. The zero-order valence-electron chi connectivity index (χ0n) is 13.0. The van der Waals surface area contributed by atoms with Gasteiger partial charge in [-0.1, -0.05) is 36.4 Å². The SMILES string of the molecule is COCc1cccc(CNC(=O)c2cccc(C)c2[N+](=O)[O-])c1. The minimum absolute atomic E-state index is 0.0723. The number of aryl methyl sites for hydroxylation is 1. The van der Waals surface area contributed by atoms with E-state index in [4.69, 9.17) is 4.74 Å². The van der Waals surface area contributed by atoms with E-state index in [0.29, 0.717) is 18.7 Å². The van der Waals surface area contributed by atoms with Gasteiger partial charge in [0.25, 0.3) is 11.6 Å². The topological polar surface area (TPSA) is 81.5 Å². The minimum Gasteiger partial charge on any atom is -0.380 e. The van der Waals surface area contributed by atoms with Gasteiger partial charge in [0.15, 0.2) is 0 Å². The van der Waals surface area contributed by atoms with E-state index in [2.05, 4.69) is 5.32 Å². The summed E-state index contributed by atoms with van der Waals surface area (Å²) in [5, 5.41) is 13.9. The summed E-state index contributed by atoms with van der Waals surface area (Å²) in [6.07, 6.45) is 0. The predicted molar refractivity (Wildman–Crippen MR) is 86.2 cm³/mol. The average molecular weight is 314 g/mol. The maximum absolute atomic E-state index is 12.3. The molecule has 23 heavy (non-hydrogen) atoms. The van der Waals surface area contributed by atoms with Gasteiger partial charge in [0.1, 0.15) is 5.56 Å². The third-order valence-corrected chi connectivity index (χ3v) is 3.42. The van der Waals surface area contributed by atoms with Gasteiger partial charge >= 0.3 is 0 Å². The van der Waals surface area contributed by atoms with Crippen LogP contribution in [-0.4, -0.2) is 17.9 Å². The Morgan fingerprint density at radius 3 is 2.61 bits per heavy atom. The first-order valence-electron chi connectivity index (χ1n) is 7.12. The van der Waals surface area contributed by atoms with E-state index in [1.165, 1.54) is 6.07 Å². The molecule has 6 nitrogen and oxygen atoms in total. The van der Waals surface area contributed by atoms with Crippen molar-refractivity contribution in [1.82, 2.24) is 5.32 Å². The van der Waals surface area contributed by atoms with Crippen molar-refractivity contribution in [2.24, 2.45) is 0 Å². The molecule has 0 fully saturated rings. The number of methoxy groups -OCH3 is 1. The number of nitro groups is 1. The van der Waals surface area contributed by atoms with Crippen LogP contribution in [-0.2, 0) is 17.9 Å². The normalized spacial score (nSPS) is 10.3. The maximum atomic E-state index is 12.3. The van der Waals surface area contributed by atoms with Crippen molar-refractivity contribution in [1.29, 1.82) is 0 Å². The second-order valence-corrected chi connectivity index (χ2v) is 5.16. The van der Waals surface area contributed by atoms with Gasteiger partial charge in [0.2, 0.25) is 0 Å². The minimum atomic E-state index is -0.524. The molecule has 120 valence electrons. The highest BCUT2D eigenvalue weighted by atomic mass is 16.6. The van der Waals surface area contributed by atoms with Crippen molar-refractivity contribution in [2.45, 2.75) is 20.1 Å².